The van der Waals surface area contributed by atoms with Crippen molar-refractivity contribution < 1.29 is 8.42 Å². The molecule has 124 valence electrons. The Balaban J connectivity index is 1.75. The second-order valence-corrected chi connectivity index (χ2v) is 7.61. The summed E-state index contributed by atoms with van der Waals surface area (Å²) in [5, 5.41) is 8.95. The van der Waals surface area contributed by atoms with Gasteiger partial charge >= 0.3 is 0 Å². The van der Waals surface area contributed by atoms with Crippen molar-refractivity contribution in [3.05, 3.63) is 53.7 Å². The second-order valence-electron chi connectivity index (χ2n) is 5.67. The number of hydrogen-bond donors (Lipinski definition) is 0. The highest BCUT2D eigenvalue weighted by atomic mass is 32.2. The Bertz CT molecular complexity index is 881. The van der Waals surface area contributed by atoms with Gasteiger partial charge in [0.1, 0.15) is 5.82 Å². The summed E-state index contributed by atoms with van der Waals surface area (Å²) in [4.78, 5) is 6.74. The number of anilines is 1. The van der Waals surface area contributed by atoms with Crippen molar-refractivity contribution in [3.8, 4) is 6.07 Å². The van der Waals surface area contributed by atoms with Crippen LogP contribution in [-0.4, -0.2) is 43.9 Å². The van der Waals surface area contributed by atoms with Gasteiger partial charge in [-0.25, -0.2) is 13.4 Å². The van der Waals surface area contributed by atoms with Gasteiger partial charge in [-0.3, -0.25) is 0 Å². The van der Waals surface area contributed by atoms with Crippen LogP contribution in [0.1, 0.15) is 11.3 Å². The third-order valence-electron chi connectivity index (χ3n) is 4.04. The van der Waals surface area contributed by atoms with Gasteiger partial charge in [0.05, 0.1) is 16.5 Å². The van der Waals surface area contributed by atoms with E-state index < -0.39 is 10.0 Å². The number of aromatic nitrogens is 1. The molecule has 0 amide bonds. The minimum Gasteiger partial charge on any atom is -0.354 e. The lowest BCUT2D eigenvalue weighted by molar-refractivity contribution is 0.384. The average Bonchev–Trinajstić information content (AvgIpc) is 2.62. The van der Waals surface area contributed by atoms with Gasteiger partial charge in [-0.2, -0.15) is 9.57 Å². The molecule has 0 saturated carbocycles. The van der Waals surface area contributed by atoms with E-state index in [-0.39, 0.29) is 4.90 Å². The van der Waals surface area contributed by atoms with Crippen LogP contribution in [-0.2, 0) is 10.0 Å². The molecule has 1 saturated heterocycles. The minimum atomic E-state index is -3.57. The van der Waals surface area contributed by atoms with Crippen LogP contribution in [0.15, 0.2) is 47.4 Å². The Morgan fingerprint density at radius 3 is 2.46 bits per heavy atom. The van der Waals surface area contributed by atoms with E-state index in [9.17, 15) is 8.42 Å². The summed E-state index contributed by atoms with van der Waals surface area (Å²) in [5.74, 6) is 0.874. The van der Waals surface area contributed by atoms with Gasteiger partial charge in [0, 0.05) is 31.9 Å². The van der Waals surface area contributed by atoms with E-state index in [1.807, 2.05) is 31.2 Å². The number of sulfonamides is 1. The number of rotatable bonds is 3. The Morgan fingerprint density at radius 2 is 1.79 bits per heavy atom. The van der Waals surface area contributed by atoms with Crippen LogP contribution >= 0.6 is 0 Å². The predicted octanol–water partition coefficient (Wildman–Crippen LogP) is 1.77. The molecule has 0 radical (unpaired) electrons. The summed E-state index contributed by atoms with van der Waals surface area (Å²) in [6, 6.07) is 14.0. The van der Waals surface area contributed by atoms with E-state index in [0.717, 1.165) is 11.5 Å². The number of piperazine rings is 1. The smallest absolute Gasteiger partial charge is 0.243 e. The predicted molar refractivity (Wildman–Crippen MR) is 91.1 cm³/mol. The maximum absolute atomic E-state index is 12.7. The van der Waals surface area contributed by atoms with Crippen LogP contribution in [0, 0.1) is 18.3 Å². The van der Waals surface area contributed by atoms with Crippen molar-refractivity contribution in [1.82, 2.24) is 9.29 Å². The third kappa shape index (κ3) is 3.25. The lowest BCUT2D eigenvalue weighted by Gasteiger charge is -2.34. The molecule has 0 N–H and O–H groups in total. The van der Waals surface area contributed by atoms with Crippen molar-refractivity contribution in [2.45, 2.75) is 11.8 Å². The second kappa shape index (κ2) is 6.59. The molecule has 1 aliphatic rings. The summed E-state index contributed by atoms with van der Waals surface area (Å²) in [6.45, 7) is 3.91. The van der Waals surface area contributed by atoms with Gasteiger partial charge in [0.2, 0.25) is 10.0 Å². The van der Waals surface area contributed by atoms with Crippen molar-refractivity contribution in [2.24, 2.45) is 0 Å². The van der Waals surface area contributed by atoms with Crippen molar-refractivity contribution in [3.63, 3.8) is 0 Å². The fourth-order valence-corrected chi connectivity index (χ4v) is 4.21. The molecule has 1 aromatic heterocycles. The first-order valence-electron chi connectivity index (χ1n) is 7.69. The largest absolute Gasteiger partial charge is 0.354 e. The highest BCUT2D eigenvalue weighted by molar-refractivity contribution is 7.89. The maximum Gasteiger partial charge on any atom is 0.243 e. The lowest BCUT2D eigenvalue weighted by atomic mass is 10.2. The molecule has 24 heavy (non-hydrogen) atoms. The van der Waals surface area contributed by atoms with Gasteiger partial charge in [-0.15, -0.1) is 0 Å². The van der Waals surface area contributed by atoms with Crippen LogP contribution in [0.3, 0.4) is 0 Å². The molecule has 1 fully saturated rings. The van der Waals surface area contributed by atoms with Crippen LogP contribution in [0.5, 0.6) is 0 Å². The Morgan fingerprint density at radius 1 is 1.08 bits per heavy atom. The molecule has 1 aromatic carbocycles. The maximum atomic E-state index is 12.7. The van der Waals surface area contributed by atoms with Crippen molar-refractivity contribution in [1.29, 1.82) is 5.26 Å². The molecule has 7 heteroatoms. The fraction of sp³-hybridized carbons (Fsp3) is 0.294. The number of hydrogen-bond acceptors (Lipinski definition) is 5. The molecule has 0 unspecified atom stereocenters. The first-order valence-corrected chi connectivity index (χ1v) is 9.13. The molecule has 2 heterocycles. The van der Waals surface area contributed by atoms with Gasteiger partial charge < -0.3 is 4.90 Å². The van der Waals surface area contributed by atoms with Crippen molar-refractivity contribution in [2.75, 3.05) is 31.1 Å². The molecule has 1 aliphatic heterocycles. The number of aryl methyl sites for hydroxylation is 1. The summed E-state index contributed by atoms with van der Waals surface area (Å²) in [5.41, 5.74) is 1.29. The highest BCUT2D eigenvalue weighted by Crippen LogP contribution is 2.21. The number of nitriles is 1. The standard InChI is InChI=1S/C17H18N4O2S/c1-14-4-2-7-17(19-14)20-8-10-21(11-9-20)24(22,23)16-6-3-5-15(12-16)13-18/h2-7,12H,8-11H2,1H3. The molecule has 0 spiro atoms. The van der Waals surface area contributed by atoms with E-state index in [1.54, 1.807) is 12.1 Å². The third-order valence-corrected chi connectivity index (χ3v) is 5.93. The molecule has 2 aromatic rings. The first kappa shape index (κ1) is 16.4. The quantitative estimate of drug-likeness (QED) is 0.849. The minimum absolute atomic E-state index is 0.170. The SMILES string of the molecule is Cc1cccc(N2CCN(S(=O)(=O)c3cccc(C#N)c3)CC2)n1. The first-order chi connectivity index (χ1) is 11.5. The zero-order valence-electron chi connectivity index (χ0n) is 13.4. The van der Waals surface area contributed by atoms with Crippen LogP contribution in [0.4, 0.5) is 5.82 Å². The Kier molecular flexibility index (Phi) is 4.51. The molecule has 3 rings (SSSR count). The number of nitrogens with zero attached hydrogens (tertiary/aromatic N) is 4. The van der Waals surface area contributed by atoms with E-state index in [2.05, 4.69) is 9.88 Å². The summed E-state index contributed by atoms with van der Waals surface area (Å²) in [6.07, 6.45) is 0. The van der Waals surface area contributed by atoms with Crippen LogP contribution < -0.4 is 4.90 Å². The molecule has 0 aliphatic carbocycles. The van der Waals surface area contributed by atoms with Gasteiger partial charge in [0.15, 0.2) is 0 Å². The van der Waals surface area contributed by atoms with Crippen LogP contribution in [0.2, 0.25) is 0 Å². The molecule has 0 bridgehead atoms. The van der Waals surface area contributed by atoms with E-state index >= 15 is 0 Å². The Labute approximate surface area is 142 Å². The molecular weight excluding hydrogens is 324 g/mol. The zero-order chi connectivity index (χ0) is 17.2. The normalized spacial score (nSPS) is 15.9. The van der Waals surface area contributed by atoms with Gasteiger partial charge in [0.25, 0.3) is 0 Å². The van der Waals surface area contributed by atoms with E-state index in [4.69, 9.17) is 5.26 Å². The number of pyridine rings is 1. The molecule has 0 atom stereocenters. The topological polar surface area (TPSA) is 77.3 Å². The summed E-state index contributed by atoms with van der Waals surface area (Å²) in [7, 11) is -3.57. The van der Waals surface area contributed by atoms with E-state index in [0.29, 0.717) is 31.7 Å². The highest BCUT2D eigenvalue weighted by Gasteiger charge is 2.29. The van der Waals surface area contributed by atoms with Gasteiger partial charge in [-0.05, 0) is 37.3 Å². The summed E-state index contributed by atoms with van der Waals surface area (Å²) >= 11 is 0. The molecule has 6 nitrogen and oxygen atoms in total. The van der Waals surface area contributed by atoms with E-state index in [1.165, 1.54) is 16.4 Å². The monoisotopic (exact) mass is 342 g/mol. The Hall–Kier alpha value is -2.43. The zero-order valence-corrected chi connectivity index (χ0v) is 14.2. The van der Waals surface area contributed by atoms with Gasteiger partial charge in [-0.1, -0.05) is 12.1 Å². The number of benzene rings is 1. The molecular formula is C17H18N4O2S. The van der Waals surface area contributed by atoms with Crippen LogP contribution in [0.25, 0.3) is 0 Å². The summed E-state index contributed by atoms with van der Waals surface area (Å²) < 4.78 is 26.9. The van der Waals surface area contributed by atoms with Crippen molar-refractivity contribution >= 4 is 15.8 Å². The lowest BCUT2D eigenvalue weighted by Crippen LogP contribution is -2.48. The average molecular weight is 342 g/mol. The fourth-order valence-electron chi connectivity index (χ4n) is 2.74.